The predicted octanol–water partition coefficient (Wildman–Crippen LogP) is 4.28. The third-order valence-corrected chi connectivity index (χ3v) is 3.82. The molecule has 0 aliphatic carbocycles. The average Bonchev–Trinajstić information content (AvgIpc) is 2.69. The number of nitrogens with one attached hydrogen (secondary N) is 1. The van der Waals surface area contributed by atoms with Crippen LogP contribution in [0.1, 0.15) is 24.3 Å². The molecule has 0 radical (unpaired) electrons. The molecule has 0 saturated heterocycles. The van der Waals surface area contributed by atoms with Crippen molar-refractivity contribution in [3.63, 3.8) is 0 Å². The Bertz CT molecular complexity index is 913. The Morgan fingerprint density at radius 1 is 1.04 bits per heavy atom. The van der Waals surface area contributed by atoms with E-state index < -0.39 is 0 Å². The highest BCUT2D eigenvalue weighted by atomic mass is 16.5. The van der Waals surface area contributed by atoms with Crippen LogP contribution in [0.2, 0.25) is 0 Å². The van der Waals surface area contributed by atoms with Crippen molar-refractivity contribution in [2.45, 2.75) is 20.0 Å². The highest BCUT2D eigenvalue weighted by Crippen LogP contribution is 2.27. The Kier molecular flexibility index (Phi) is 5.66. The second-order valence-electron chi connectivity index (χ2n) is 6.25. The molecule has 0 bridgehead atoms. The van der Waals surface area contributed by atoms with Gasteiger partial charge in [0.2, 0.25) is 5.95 Å². The number of hydrogen-bond acceptors (Lipinski definition) is 5. The lowest BCUT2D eigenvalue weighted by Gasteiger charge is -2.17. The SMILES string of the molecule is CC(C)Oc1ccccc1Nc1nccc(C(=O)N(C)c2ccccc2)n1. The summed E-state index contributed by atoms with van der Waals surface area (Å²) in [5, 5.41) is 3.13. The molecule has 0 fully saturated rings. The van der Waals surface area contributed by atoms with Gasteiger partial charge in [-0.15, -0.1) is 0 Å². The van der Waals surface area contributed by atoms with Crippen LogP contribution in [-0.4, -0.2) is 29.0 Å². The molecule has 0 unspecified atom stereocenters. The summed E-state index contributed by atoms with van der Waals surface area (Å²) < 4.78 is 5.80. The molecule has 3 aromatic rings. The topological polar surface area (TPSA) is 67.3 Å². The first-order chi connectivity index (χ1) is 13.0. The predicted molar refractivity (Wildman–Crippen MR) is 107 cm³/mol. The largest absolute Gasteiger partial charge is 0.489 e. The molecule has 3 rings (SSSR count). The molecule has 0 saturated carbocycles. The molecule has 1 N–H and O–H groups in total. The third kappa shape index (κ3) is 4.61. The molecular weight excluding hydrogens is 340 g/mol. The standard InChI is InChI=1S/C21H22N4O2/c1-15(2)27-19-12-8-7-11-17(19)23-21-22-14-13-18(24-21)20(26)25(3)16-9-5-4-6-10-16/h4-15H,1-3H3,(H,22,23,24). The van der Waals surface area contributed by atoms with E-state index >= 15 is 0 Å². The monoisotopic (exact) mass is 362 g/mol. The zero-order valence-electron chi connectivity index (χ0n) is 15.6. The lowest BCUT2D eigenvalue weighted by atomic mass is 10.2. The quantitative estimate of drug-likeness (QED) is 0.709. The van der Waals surface area contributed by atoms with Gasteiger partial charge in [-0.1, -0.05) is 30.3 Å². The van der Waals surface area contributed by atoms with Gasteiger partial charge in [-0.2, -0.15) is 0 Å². The van der Waals surface area contributed by atoms with Crippen molar-refractivity contribution < 1.29 is 9.53 Å². The normalized spacial score (nSPS) is 10.5. The van der Waals surface area contributed by atoms with E-state index in [1.807, 2.05) is 68.4 Å². The highest BCUT2D eigenvalue weighted by molar-refractivity contribution is 6.04. The minimum absolute atomic E-state index is 0.0429. The number of anilines is 3. The van der Waals surface area contributed by atoms with Crippen molar-refractivity contribution in [1.82, 2.24) is 9.97 Å². The van der Waals surface area contributed by atoms with Crippen LogP contribution in [0.3, 0.4) is 0 Å². The molecule has 27 heavy (non-hydrogen) atoms. The zero-order valence-corrected chi connectivity index (χ0v) is 15.6. The number of amides is 1. The lowest BCUT2D eigenvalue weighted by molar-refractivity contribution is 0.0988. The van der Waals surface area contributed by atoms with Gasteiger partial charge in [0, 0.05) is 18.9 Å². The van der Waals surface area contributed by atoms with Gasteiger partial charge in [0.25, 0.3) is 5.91 Å². The van der Waals surface area contributed by atoms with Crippen LogP contribution >= 0.6 is 0 Å². The molecule has 0 aliphatic heterocycles. The number of hydrogen-bond donors (Lipinski definition) is 1. The van der Waals surface area contributed by atoms with E-state index in [0.29, 0.717) is 17.4 Å². The zero-order chi connectivity index (χ0) is 19.2. The molecule has 0 atom stereocenters. The fourth-order valence-electron chi connectivity index (χ4n) is 2.53. The Balaban J connectivity index is 1.81. The summed E-state index contributed by atoms with van der Waals surface area (Å²) in [5.74, 6) is 0.828. The van der Waals surface area contributed by atoms with Crippen molar-refractivity contribution in [3.05, 3.63) is 72.6 Å². The van der Waals surface area contributed by atoms with Crippen LogP contribution < -0.4 is 15.0 Å². The first kappa shape index (κ1) is 18.4. The molecule has 138 valence electrons. The van der Waals surface area contributed by atoms with Crippen LogP contribution in [0.25, 0.3) is 0 Å². The smallest absolute Gasteiger partial charge is 0.276 e. The molecule has 2 aromatic carbocycles. The Morgan fingerprint density at radius 3 is 2.48 bits per heavy atom. The van der Waals surface area contributed by atoms with E-state index in [2.05, 4.69) is 15.3 Å². The lowest BCUT2D eigenvalue weighted by Crippen LogP contribution is -2.27. The van der Waals surface area contributed by atoms with E-state index in [0.717, 1.165) is 11.4 Å². The van der Waals surface area contributed by atoms with Gasteiger partial charge >= 0.3 is 0 Å². The number of ether oxygens (including phenoxy) is 1. The Labute approximate surface area is 158 Å². The summed E-state index contributed by atoms with van der Waals surface area (Å²) in [6.45, 7) is 3.93. The molecular formula is C21H22N4O2. The minimum atomic E-state index is -0.210. The second-order valence-corrected chi connectivity index (χ2v) is 6.25. The van der Waals surface area contributed by atoms with Gasteiger partial charge in [0.1, 0.15) is 11.4 Å². The minimum Gasteiger partial charge on any atom is -0.489 e. The van der Waals surface area contributed by atoms with Gasteiger partial charge in [0.05, 0.1) is 11.8 Å². The summed E-state index contributed by atoms with van der Waals surface area (Å²) in [6, 6.07) is 18.6. The molecule has 0 spiro atoms. The number of para-hydroxylation sites is 3. The van der Waals surface area contributed by atoms with Gasteiger partial charge in [-0.05, 0) is 44.2 Å². The molecule has 6 heteroatoms. The Hall–Kier alpha value is -3.41. The number of carbonyl (C=O) groups excluding carboxylic acids is 1. The van der Waals surface area contributed by atoms with Crippen LogP contribution in [0.5, 0.6) is 5.75 Å². The van der Waals surface area contributed by atoms with Gasteiger partial charge in [-0.25, -0.2) is 9.97 Å². The molecule has 6 nitrogen and oxygen atoms in total. The first-order valence-electron chi connectivity index (χ1n) is 8.73. The highest BCUT2D eigenvalue weighted by Gasteiger charge is 2.16. The summed E-state index contributed by atoms with van der Waals surface area (Å²) in [6.07, 6.45) is 1.61. The van der Waals surface area contributed by atoms with Crippen molar-refractivity contribution in [2.75, 3.05) is 17.3 Å². The summed E-state index contributed by atoms with van der Waals surface area (Å²) in [4.78, 5) is 22.9. The fraction of sp³-hybridized carbons (Fsp3) is 0.190. The van der Waals surface area contributed by atoms with E-state index in [4.69, 9.17) is 4.74 Å². The summed E-state index contributed by atoms with van der Waals surface area (Å²) in [5.41, 5.74) is 1.85. The van der Waals surface area contributed by atoms with Crippen molar-refractivity contribution >= 4 is 23.2 Å². The van der Waals surface area contributed by atoms with Crippen molar-refractivity contribution in [1.29, 1.82) is 0 Å². The maximum Gasteiger partial charge on any atom is 0.276 e. The molecule has 1 amide bonds. The fourth-order valence-corrected chi connectivity index (χ4v) is 2.53. The van der Waals surface area contributed by atoms with Crippen LogP contribution in [-0.2, 0) is 0 Å². The summed E-state index contributed by atoms with van der Waals surface area (Å²) >= 11 is 0. The van der Waals surface area contributed by atoms with E-state index in [-0.39, 0.29) is 12.0 Å². The van der Waals surface area contributed by atoms with Crippen LogP contribution in [0, 0.1) is 0 Å². The molecule has 1 heterocycles. The number of rotatable bonds is 6. The second kappa shape index (κ2) is 8.31. The number of nitrogens with zero attached hydrogens (tertiary/aromatic N) is 3. The third-order valence-electron chi connectivity index (χ3n) is 3.82. The van der Waals surface area contributed by atoms with Gasteiger partial charge in [0.15, 0.2) is 0 Å². The van der Waals surface area contributed by atoms with Gasteiger partial charge in [-0.3, -0.25) is 4.79 Å². The molecule has 0 aliphatic rings. The van der Waals surface area contributed by atoms with Crippen molar-refractivity contribution in [2.24, 2.45) is 0 Å². The maximum atomic E-state index is 12.7. The van der Waals surface area contributed by atoms with E-state index in [1.54, 1.807) is 24.2 Å². The maximum absolute atomic E-state index is 12.7. The molecule has 1 aromatic heterocycles. The summed E-state index contributed by atoms with van der Waals surface area (Å²) in [7, 11) is 1.72. The van der Waals surface area contributed by atoms with Crippen molar-refractivity contribution in [3.8, 4) is 5.75 Å². The number of carbonyl (C=O) groups is 1. The first-order valence-corrected chi connectivity index (χ1v) is 8.73. The van der Waals surface area contributed by atoms with E-state index in [9.17, 15) is 4.79 Å². The van der Waals surface area contributed by atoms with E-state index in [1.165, 1.54) is 0 Å². The number of benzene rings is 2. The Morgan fingerprint density at radius 2 is 1.74 bits per heavy atom. The van der Waals surface area contributed by atoms with Crippen LogP contribution in [0.15, 0.2) is 66.9 Å². The van der Waals surface area contributed by atoms with Crippen LogP contribution in [0.4, 0.5) is 17.3 Å². The number of aromatic nitrogens is 2. The average molecular weight is 362 g/mol. The van der Waals surface area contributed by atoms with Gasteiger partial charge < -0.3 is 15.0 Å².